The highest BCUT2D eigenvalue weighted by atomic mass is 16.5. The molecule has 3 amide bonds. The van der Waals surface area contributed by atoms with Crippen LogP contribution in [0, 0.1) is 0 Å². The maximum atomic E-state index is 13.6. The first-order chi connectivity index (χ1) is 22.0. The number of aryl methyl sites for hydroxylation is 1. The van der Waals surface area contributed by atoms with Gasteiger partial charge in [-0.25, -0.2) is 0 Å². The lowest BCUT2D eigenvalue weighted by Gasteiger charge is -2.16. The van der Waals surface area contributed by atoms with E-state index in [2.05, 4.69) is 16.0 Å². The molecule has 0 unspecified atom stereocenters. The number of amides is 3. The van der Waals surface area contributed by atoms with Gasteiger partial charge in [-0.1, -0.05) is 12.1 Å². The summed E-state index contributed by atoms with van der Waals surface area (Å²) in [5, 5.41) is 49.0. The van der Waals surface area contributed by atoms with E-state index in [-0.39, 0.29) is 58.8 Å². The number of benzene rings is 3. The fraction of sp³-hybridized carbons (Fsp3) is 0.324. The van der Waals surface area contributed by atoms with Gasteiger partial charge in [-0.2, -0.15) is 0 Å². The average molecular weight is 636 g/mol. The highest BCUT2D eigenvalue weighted by Gasteiger charge is 2.20. The summed E-state index contributed by atoms with van der Waals surface area (Å²) in [5.74, 6) is -1.57. The average Bonchev–Trinajstić information content (AvgIpc) is 3.03. The minimum atomic E-state index is -0.491. The molecule has 0 radical (unpaired) electrons. The van der Waals surface area contributed by atoms with Gasteiger partial charge in [0.25, 0.3) is 5.91 Å². The van der Waals surface area contributed by atoms with Crippen molar-refractivity contribution in [1.29, 1.82) is 0 Å². The zero-order valence-corrected chi connectivity index (χ0v) is 26.2. The van der Waals surface area contributed by atoms with Crippen molar-refractivity contribution in [2.45, 2.75) is 39.0 Å². The van der Waals surface area contributed by atoms with E-state index in [4.69, 9.17) is 9.47 Å². The van der Waals surface area contributed by atoms with Crippen LogP contribution < -0.4 is 25.4 Å². The smallest absolute Gasteiger partial charge is 0.251 e. The molecule has 3 aromatic rings. The number of unbranched alkanes of at least 4 members (excludes halogenated alkanes) is 1. The summed E-state index contributed by atoms with van der Waals surface area (Å²) in [5.41, 5.74) is 2.23. The molecule has 0 fully saturated rings. The normalized spacial score (nSPS) is 11.1. The van der Waals surface area contributed by atoms with Gasteiger partial charge in [0.2, 0.25) is 17.6 Å². The van der Waals surface area contributed by atoms with Crippen molar-refractivity contribution in [3.63, 3.8) is 0 Å². The molecular formula is C34H41N3O9. The van der Waals surface area contributed by atoms with Gasteiger partial charge in [0.1, 0.15) is 5.75 Å². The molecule has 0 bridgehead atoms. The highest BCUT2D eigenvalue weighted by molar-refractivity contribution is 6.24. The Morgan fingerprint density at radius 2 is 1.37 bits per heavy atom. The maximum absolute atomic E-state index is 13.6. The Hall–Kier alpha value is -5.39. The number of carbonyl (C=O) groups excluding carboxylic acids is 3. The highest BCUT2D eigenvalue weighted by Crippen LogP contribution is 2.39. The van der Waals surface area contributed by atoms with E-state index in [0.29, 0.717) is 50.0 Å². The van der Waals surface area contributed by atoms with Crippen molar-refractivity contribution in [3.05, 3.63) is 70.8 Å². The molecule has 12 nitrogen and oxygen atoms in total. The van der Waals surface area contributed by atoms with Gasteiger partial charge < -0.3 is 45.9 Å². The molecule has 12 heteroatoms. The van der Waals surface area contributed by atoms with Gasteiger partial charge >= 0.3 is 0 Å². The van der Waals surface area contributed by atoms with Crippen molar-refractivity contribution in [3.8, 4) is 34.5 Å². The molecule has 46 heavy (non-hydrogen) atoms. The third-order valence-corrected chi connectivity index (χ3v) is 7.10. The number of nitrogens with one attached hydrogen (secondary N) is 3. The Balaban J connectivity index is 1.87. The molecule has 0 saturated carbocycles. The predicted octanol–water partition coefficient (Wildman–Crippen LogP) is 3.39. The maximum Gasteiger partial charge on any atom is 0.251 e. The summed E-state index contributed by atoms with van der Waals surface area (Å²) in [6.45, 7) is 2.56. The second-order valence-corrected chi connectivity index (χ2v) is 10.5. The lowest BCUT2D eigenvalue weighted by molar-refractivity contribution is -0.121. The number of phenolic OH excluding ortho intramolecular Hbond substituents is 4. The number of carbonyl (C=O) groups is 3. The Labute approximate surface area is 267 Å². The van der Waals surface area contributed by atoms with E-state index in [1.807, 2.05) is 0 Å². The van der Waals surface area contributed by atoms with Crippen molar-refractivity contribution >= 4 is 29.4 Å². The van der Waals surface area contributed by atoms with Gasteiger partial charge in [-0.05, 0) is 90.4 Å². The summed E-state index contributed by atoms with van der Waals surface area (Å²) in [6.07, 6.45) is 3.48. The first-order valence-electron chi connectivity index (χ1n) is 14.8. The zero-order valence-electron chi connectivity index (χ0n) is 26.2. The first-order valence-corrected chi connectivity index (χ1v) is 14.8. The quantitative estimate of drug-likeness (QED) is 0.0536. The van der Waals surface area contributed by atoms with E-state index in [1.165, 1.54) is 51.5 Å². The second kappa shape index (κ2) is 17.2. The largest absolute Gasteiger partial charge is 0.508 e. The molecule has 0 aromatic heterocycles. The minimum Gasteiger partial charge on any atom is -0.508 e. The second-order valence-electron chi connectivity index (χ2n) is 10.5. The Bertz CT molecular complexity index is 1530. The van der Waals surface area contributed by atoms with E-state index < -0.39 is 17.4 Å². The summed E-state index contributed by atoms with van der Waals surface area (Å²) in [4.78, 5) is 37.5. The molecule has 0 aliphatic carbocycles. The standard InChI is InChI=1S/C34H41N3O9/c1-21(38)35-13-4-5-14-37-34(44)27(16-23-17-30(45-2)33(43)31(18-23)46-3)26-20-29(41)28(40)19-24(26)8-11-32(42)36-15-12-22-6-9-25(39)10-7-22/h6-7,9-10,16-20,39-41,43H,4-5,8,11-15H2,1-3H3,(H,35,38)(H,36,42)(H,37,44)/b27-16-. The summed E-state index contributed by atoms with van der Waals surface area (Å²) < 4.78 is 10.5. The van der Waals surface area contributed by atoms with Gasteiger partial charge in [-0.3, -0.25) is 14.4 Å². The molecule has 3 rings (SSSR count). The fourth-order valence-corrected chi connectivity index (χ4v) is 4.66. The molecule has 0 spiro atoms. The molecule has 0 heterocycles. The molecule has 3 aromatic carbocycles. The van der Waals surface area contributed by atoms with Crippen LogP contribution in [0.1, 0.15) is 48.4 Å². The van der Waals surface area contributed by atoms with Crippen LogP contribution in [0.2, 0.25) is 0 Å². The van der Waals surface area contributed by atoms with Crippen LogP contribution in [0.5, 0.6) is 34.5 Å². The van der Waals surface area contributed by atoms with Crippen LogP contribution in [-0.2, 0) is 27.2 Å². The van der Waals surface area contributed by atoms with Crippen LogP contribution in [0.3, 0.4) is 0 Å². The van der Waals surface area contributed by atoms with Crippen molar-refractivity contribution in [1.82, 2.24) is 16.0 Å². The van der Waals surface area contributed by atoms with Gasteiger partial charge in [-0.15, -0.1) is 0 Å². The number of rotatable bonds is 16. The molecule has 246 valence electrons. The van der Waals surface area contributed by atoms with Gasteiger partial charge in [0, 0.05) is 38.6 Å². The van der Waals surface area contributed by atoms with Gasteiger partial charge in [0.15, 0.2) is 23.0 Å². The zero-order chi connectivity index (χ0) is 33.6. The van der Waals surface area contributed by atoms with Crippen LogP contribution in [0.4, 0.5) is 0 Å². The molecule has 0 atom stereocenters. The van der Waals surface area contributed by atoms with Crippen molar-refractivity contribution in [2.24, 2.45) is 0 Å². The van der Waals surface area contributed by atoms with Crippen LogP contribution in [-0.4, -0.2) is 72.0 Å². The summed E-state index contributed by atoms with van der Waals surface area (Å²) in [6, 6.07) is 12.3. The molecule has 0 aliphatic heterocycles. The third kappa shape index (κ3) is 10.4. The summed E-state index contributed by atoms with van der Waals surface area (Å²) in [7, 11) is 2.75. The lowest BCUT2D eigenvalue weighted by atomic mass is 9.93. The van der Waals surface area contributed by atoms with Crippen LogP contribution >= 0.6 is 0 Å². The molecule has 0 aliphatic rings. The Morgan fingerprint density at radius 3 is 1.98 bits per heavy atom. The number of hydrogen-bond donors (Lipinski definition) is 7. The number of methoxy groups -OCH3 is 2. The first kappa shape index (κ1) is 35.1. The van der Waals surface area contributed by atoms with Crippen LogP contribution in [0.15, 0.2) is 48.5 Å². The SMILES string of the molecule is COc1cc(/C=C(\C(=O)NCCCCNC(C)=O)c2cc(O)c(O)cc2CCC(=O)NCCc2ccc(O)cc2)cc(OC)c1O. The lowest BCUT2D eigenvalue weighted by Crippen LogP contribution is -2.27. The topological polar surface area (TPSA) is 187 Å². The minimum absolute atomic E-state index is 0.0334. The fourth-order valence-electron chi connectivity index (χ4n) is 4.66. The van der Waals surface area contributed by atoms with Crippen molar-refractivity contribution in [2.75, 3.05) is 33.9 Å². The number of hydrogen-bond acceptors (Lipinski definition) is 9. The molecular weight excluding hydrogens is 594 g/mol. The Morgan fingerprint density at radius 1 is 0.761 bits per heavy atom. The molecule has 7 N–H and O–H groups in total. The van der Waals surface area contributed by atoms with E-state index in [9.17, 15) is 34.8 Å². The molecule has 0 saturated heterocycles. The third-order valence-electron chi connectivity index (χ3n) is 7.10. The number of phenols is 4. The van der Waals surface area contributed by atoms with Gasteiger partial charge in [0.05, 0.1) is 14.2 Å². The van der Waals surface area contributed by atoms with E-state index >= 15 is 0 Å². The Kier molecular flexibility index (Phi) is 13.1. The van der Waals surface area contributed by atoms with Crippen molar-refractivity contribution < 1.29 is 44.3 Å². The predicted molar refractivity (Wildman–Crippen MR) is 173 cm³/mol. The number of aromatic hydroxyl groups is 4. The van der Waals surface area contributed by atoms with E-state index in [0.717, 1.165) is 5.56 Å². The van der Waals surface area contributed by atoms with Crippen LogP contribution in [0.25, 0.3) is 11.6 Å². The summed E-state index contributed by atoms with van der Waals surface area (Å²) >= 11 is 0. The monoisotopic (exact) mass is 635 g/mol. The van der Waals surface area contributed by atoms with E-state index in [1.54, 1.807) is 24.3 Å². The number of ether oxygens (including phenoxy) is 2.